The quantitative estimate of drug-likeness (QED) is 0.834. The smallest absolute Gasteiger partial charge is 0.182 e. The van der Waals surface area contributed by atoms with Gasteiger partial charge in [-0.15, -0.1) is 0 Å². The van der Waals surface area contributed by atoms with Gasteiger partial charge in [-0.05, 0) is 57.8 Å². The van der Waals surface area contributed by atoms with Crippen LogP contribution in [0, 0.1) is 6.92 Å². The second-order valence-electron chi connectivity index (χ2n) is 5.78. The Morgan fingerprint density at radius 1 is 1.05 bits per heavy atom. The van der Waals surface area contributed by atoms with Gasteiger partial charge in [-0.25, -0.2) is 8.42 Å². The monoisotopic (exact) mass is 279 g/mol. The van der Waals surface area contributed by atoms with Crippen LogP contribution in [0.3, 0.4) is 0 Å². The molecule has 1 aromatic rings. The van der Waals surface area contributed by atoms with Gasteiger partial charge in [0.05, 0.1) is 10.1 Å². The van der Waals surface area contributed by atoms with Gasteiger partial charge in [-0.1, -0.05) is 17.7 Å². The van der Waals surface area contributed by atoms with Gasteiger partial charge in [-0.2, -0.15) is 0 Å². The van der Waals surface area contributed by atoms with Crippen molar-refractivity contribution in [2.45, 2.75) is 48.8 Å². The van der Waals surface area contributed by atoms with Crippen molar-refractivity contribution in [2.75, 3.05) is 13.1 Å². The van der Waals surface area contributed by atoms with E-state index in [1.165, 1.54) is 0 Å². The minimum Gasteiger partial charge on any atom is -0.299 e. The normalized spacial score (nSPS) is 28.3. The van der Waals surface area contributed by atoms with E-state index in [0.29, 0.717) is 4.90 Å². The molecule has 4 heteroatoms. The van der Waals surface area contributed by atoms with Crippen molar-refractivity contribution in [3.05, 3.63) is 29.8 Å². The number of nitrogens with zero attached hydrogens (tertiary/aromatic N) is 1. The minimum atomic E-state index is -3.17. The van der Waals surface area contributed by atoms with Crippen LogP contribution in [0.15, 0.2) is 29.2 Å². The third kappa shape index (κ3) is 2.32. The van der Waals surface area contributed by atoms with Crippen LogP contribution in [0.1, 0.15) is 31.2 Å². The fourth-order valence-corrected chi connectivity index (χ4v) is 5.57. The van der Waals surface area contributed by atoms with Crippen molar-refractivity contribution >= 4 is 9.84 Å². The van der Waals surface area contributed by atoms with Crippen molar-refractivity contribution in [1.29, 1.82) is 0 Å². The Bertz CT molecular complexity index is 550. The molecule has 3 rings (SSSR count). The zero-order chi connectivity index (χ0) is 13.5. The largest absolute Gasteiger partial charge is 0.299 e. The molecule has 0 aliphatic carbocycles. The summed E-state index contributed by atoms with van der Waals surface area (Å²) in [7, 11) is -3.17. The number of hydrogen-bond donors (Lipinski definition) is 0. The first kappa shape index (κ1) is 13.1. The van der Waals surface area contributed by atoms with E-state index < -0.39 is 9.84 Å². The van der Waals surface area contributed by atoms with E-state index in [1.807, 2.05) is 19.1 Å². The van der Waals surface area contributed by atoms with Crippen molar-refractivity contribution in [3.63, 3.8) is 0 Å². The Kier molecular flexibility index (Phi) is 3.39. The summed E-state index contributed by atoms with van der Waals surface area (Å²) in [6, 6.07) is 7.56. The van der Waals surface area contributed by atoms with E-state index in [1.54, 1.807) is 12.1 Å². The van der Waals surface area contributed by atoms with Crippen molar-refractivity contribution < 1.29 is 8.42 Å². The standard InChI is InChI=1S/C15H21NO2S/c1-12-6-8-13(9-7-12)19(17,18)15-5-3-11-16-10-2-4-14(15)16/h6-9,14-15H,2-5,10-11H2,1H3/t14-,15-/m0/s1. The van der Waals surface area contributed by atoms with Crippen LogP contribution in [-0.4, -0.2) is 37.7 Å². The molecule has 2 saturated heterocycles. The number of sulfone groups is 1. The predicted octanol–water partition coefficient (Wildman–Crippen LogP) is 2.40. The molecular weight excluding hydrogens is 258 g/mol. The zero-order valence-electron chi connectivity index (χ0n) is 11.4. The summed E-state index contributed by atoms with van der Waals surface area (Å²) >= 11 is 0. The summed E-state index contributed by atoms with van der Waals surface area (Å²) in [5.41, 5.74) is 1.10. The summed E-state index contributed by atoms with van der Waals surface area (Å²) in [6.07, 6.45) is 4.00. The van der Waals surface area contributed by atoms with E-state index in [-0.39, 0.29) is 11.3 Å². The van der Waals surface area contributed by atoms with Gasteiger partial charge in [0.1, 0.15) is 0 Å². The molecule has 0 bridgehead atoms. The summed E-state index contributed by atoms with van der Waals surface area (Å²) in [5.74, 6) is 0. The van der Waals surface area contributed by atoms with Gasteiger partial charge in [0.15, 0.2) is 9.84 Å². The molecule has 2 fully saturated rings. The summed E-state index contributed by atoms with van der Waals surface area (Å²) in [6.45, 7) is 4.13. The Hall–Kier alpha value is -0.870. The summed E-state index contributed by atoms with van der Waals surface area (Å²) in [5, 5.41) is -0.202. The van der Waals surface area contributed by atoms with E-state index in [2.05, 4.69) is 4.90 Å². The van der Waals surface area contributed by atoms with Gasteiger partial charge in [0, 0.05) is 6.04 Å². The molecule has 0 saturated carbocycles. The number of aryl methyl sites for hydroxylation is 1. The molecule has 104 valence electrons. The lowest BCUT2D eigenvalue weighted by molar-refractivity contribution is 0.200. The number of piperidine rings is 1. The molecule has 2 aliphatic rings. The average Bonchev–Trinajstić information content (AvgIpc) is 2.87. The average molecular weight is 279 g/mol. The molecule has 1 aromatic carbocycles. The maximum Gasteiger partial charge on any atom is 0.182 e. The van der Waals surface area contributed by atoms with Crippen LogP contribution in [0.25, 0.3) is 0 Å². The van der Waals surface area contributed by atoms with E-state index in [4.69, 9.17) is 0 Å². The van der Waals surface area contributed by atoms with Gasteiger partial charge < -0.3 is 0 Å². The first-order valence-electron chi connectivity index (χ1n) is 7.14. The van der Waals surface area contributed by atoms with E-state index in [9.17, 15) is 8.42 Å². The molecule has 3 nitrogen and oxygen atoms in total. The van der Waals surface area contributed by atoms with E-state index in [0.717, 1.165) is 44.3 Å². The number of hydrogen-bond acceptors (Lipinski definition) is 3. The highest BCUT2D eigenvalue weighted by Crippen LogP contribution is 2.34. The predicted molar refractivity (Wildman–Crippen MR) is 76.0 cm³/mol. The molecule has 0 amide bonds. The molecule has 0 radical (unpaired) electrons. The lowest BCUT2D eigenvalue weighted by Gasteiger charge is -2.36. The Morgan fingerprint density at radius 3 is 2.37 bits per heavy atom. The fourth-order valence-electron chi connectivity index (χ4n) is 3.50. The number of benzene rings is 1. The van der Waals surface area contributed by atoms with Crippen LogP contribution in [-0.2, 0) is 9.84 Å². The first-order chi connectivity index (χ1) is 9.09. The second-order valence-corrected chi connectivity index (χ2v) is 7.95. The molecule has 2 heterocycles. The minimum absolute atomic E-state index is 0.202. The lowest BCUT2D eigenvalue weighted by Crippen LogP contribution is -2.47. The topological polar surface area (TPSA) is 37.4 Å². The van der Waals surface area contributed by atoms with Crippen LogP contribution in [0.2, 0.25) is 0 Å². The molecule has 2 aliphatic heterocycles. The second kappa shape index (κ2) is 4.91. The molecular formula is C15H21NO2S. The van der Waals surface area contributed by atoms with Gasteiger partial charge in [-0.3, -0.25) is 4.90 Å². The molecule has 0 N–H and O–H groups in total. The fraction of sp³-hybridized carbons (Fsp3) is 0.600. The Balaban J connectivity index is 1.93. The maximum atomic E-state index is 12.8. The zero-order valence-corrected chi connectivity index (χ0v) is 12.2. The third-order valence-corrected chi connectivity index (χ3v) is 6.80. The number of rotatable bonds is 2. The van der Waals surface area contributed by atoms with Gasteiger partial charge in [0.25, 0.3) is 0 Å². The van der Waals surface area contributed by atoms with Gasteiger partial charge >= 0.3 is 0 Å². The van der Waals surface area contributed by atoms with Crippen molar-refractivity contribution in [1.82, 2.24) is 4.90 Å². The first-order valence-corrected chi connectivity index (χ1v) is 8.68. The summed E-state index contributed by atoms with van der Waals surface area (Å²) < 4.78 is 25.6. The highest BCUT2D eigenvalue weighted by atomic mass is 32.2. The van der Waals surface area contributed by atoms with Crippen molar-refractivity contribution in [3.8, 4) is 0 Å². The third-order valence-electron chi connectivity index (χ3n) is 4.53. The van der Waals surface area contributed by atoms with Crippen LogP contribution < -0.4 is 0 Å². The molecule has 0 spiro atoms. The van der Waals surface area contributed by atoms with Crippen LogP contribution in [0.4, 0.5) is 0 Å². The SMILES string of the molecule is Cc1ccc(S(=O)(=O)[C@H]2CCCN3CCC[C@@H]23)cc1. The highest BCUT2D eigenvalue weighted by molar-refractivity contribution is 7.92. The summed E-state index contributed by atoms with van der Waals surface area (Å²) in [4.78, 5) is 2.87. The van der Waals surface area contributed by atoms with Crippen molar-refractivity contribution in [2.24, 2.45) is 0 Å². The van der Waals surface area contributed by atoms with Crippen LogP contribution in [0.5, 0.6) is 0 Å². The molecule has 0 aromatic heterocycles. The maximum absolute atomic E-state index is 12.8. The molecule has 19 heavy (non-hydrogen) atoms. The molecule has 0 unspecified atom stereocenters. The lowest BCUT2D eigenvalue weighted by atomic mass is 10.0. The van der Waals surface area contributed by atoms with Gasteiger partial charge in [0.2, 0.25) is 0 Å². The Morgan fingerprint density at radius 2 is 1.68 bits per heavy atom. The Labute approximate surface area is 115 Å². The van der Waals surface area contributed by atoms with Crippen LogP contribution >= 0.6 is 0 Å². The highest BCUT2D eigenvalue weighted by Gasteiger charge is 2.42. The molecule has 2 atom stereocenters. The van der Waals surface area contributed by atoms with E-state index >= 15 is 0 Å². The number of fused-ring (bicyclic) bond motifs is 1.